The van der Waals surface area contributed by atoms with Gasteiger partial charge in [-0.3, -0.25) is 14.4 Å². The molecular weight excluding hydrogens is 392 g/mol. The third-order valence-corrected chi connectivity index (χ3v) is 5.94. The summed E-state index contributed by atoms with van der Waals surface area (Å²) in [5.41, 5.74) is 3.03. The number of hydrogen-bond acceptors (Lipinski definition) is 5. The SMILES string of the molecule is COc1ccccc1[C@H]1[C@@H]2C(=O)N(c3ccccc3C)C(=O)[C@@H]2ON1c1ccccc1. The Bertz CT molecular complexity index is 1150. The molecule has 0 aliphatic carbocycles. The summed E-state index contributed by atoms with van der Waals surface area (Å²) in [6.07, 6.45) is -0.901. The Morgan fingerprint density at radius 1 is 0.839 bits per heavy atom. The number of rotatable bonds is 4. The molecule has 3 aromatic carbocycles. The quantitative estimate of drug-likeness (QED) is 0.603. The summed E-state index contributed by atoms with van der Waals surface area (Å²) in [6, 6.07) is 23.9. The van der Waals surface area contributed by atoms with Crippen LogP contribution < -0.4 is 14.7 Å². The molecule has 6 heteroatoms. The molecule has 0 aromatic heterocycles. The summed E-state index contributed by atoms with van der Waals surface area (Å²) in [7, 11) is 1.60. The lowest BCUT2D eigenvalue weighted by atomic mass is 9.90. The summed E-state index contributed by atoms with van der Waals surface area (Å²) in [6.45, 7) is 1.89. The zero-order valence-electron chi connectivity index (χ0n) is 17.3. The van der Waals surface area contributed by atoms with Crippen LogP contribution in [0.25, 0.3) is 0 Å². The number of aryl methyl sites for hydroxylation is 1. The van der Waals surface area contributed by atoms with Crippen LogP contribution in [-0.4, -0.2) is 25.0 Å². The average Bonchev–Trinajstić information content (AvgIpc) is 3.31. The smallest absolute Gasteiger partial charge is 0.266 e. The minimum absolute atomic E-state index is 0.265. The molecule has 2 fully saturated rings. The van der Waals surface area contributed by atoms with E-state index < -0.39 is 18.1 Å². The van der Waals surface area contributed by atoms with Gasteiger partial charge in [0.25, 0.3) is 5.91 Å². The van der Waals surface area contributed by atoms with Gasteiger partial charge in [-0.15, -0.1) is 0 Å². The van der Waals surface area contributed by atoms with Gasteiger partial charge in [-0.25, -0.2) is 9.96 Å². The van der Waals surface area contributed by atoms with Gasteiger partial charge >= 0.3 is 0 Å². The fourth-order valence-electron chi connectivity index (χ4n) is 4.49. The topological polar surface area (TPSA) is 59.1 Å². The zero-order chi connectivity index (χ0) is 21.5. The Labute approximate surface area is 180 Å². The second-order valence-electron chi connectivity index (χ2n) is 7.70. The number of methoxy groups -OCH3 is 1. The molecule has 2 heterocycles. The Kier molecular flexibility index (Phi) is 4.71. The van der Waals surface area contributed by atoms with E-state index >= 15 is 0 Å². The van der Waals surface area contributed by atoms with E-state index in [4.69, 9.17) is 9.57 Å². The summed E-state index contributed by atoms with van der Waals surface area (Å²) in [5, 5.41) is 1.68. The lowest BCUT2D eigenvalue weighted by Gasteiger charge is -2.29. The van der Waals surface area contributed by atoms with Crippen LogP contribution in [0, 0.1) is 12.8 Å². The highest BCUT2D eigenvalue weighted by molar-refractivity contribution is 6.24. The molecule has 5 rings (SSSR count). The maximum Gasteiger partial charge on any atom is 0.266 e. The third kappa shape index (κ3) is 2.99. The van der Waals surface area contributed by atoms with Crippen molar-refractivity contribution in [2.45, 2.75) is 19.1 Å². The van der Waals surface area contributed by atoms with Crippen LogP contribution in [0.3, 0.4) is 0 Å². The van der Waals surface area contributed by atoms with Crippen molar-refractivity contribution in [2.24, 2.45) is 5.92 Å². The highest BCUT2D eigenvalue weighted by Gasteiger charge is 2.60. The van der Waals surface area contributed by atoms with E-state index in [2.05, 4.69) is 0 Å². The van der Waals surface area contributed by atoms with Crippen molar-refractivity contribution < 1.29 is 19.2 Å². The number of hydroxylamine groups is 1. The van der Waals surface area contributed by atoms with Crippen LogP contribution in [0.5, 0.6) is 5.75 Å². The number of fused-ring (bicyclic) bond motifs is 1. The van der Waals surface area contributed by atoms with Crippen molar-refractivity contribution in [3.05, 3.63) is 90.0 Å². The van der Waals surface area contributed by atoms with E-state index in [1.54, 1.807) is 18.2 Å². The van der Waals surface area contributed by atoms with Crippen molar-refractivity contribution >= 4 is 23.2 Å². The molecule has 3 aromatic rings. The second kappa shape index (κ2) is 7.56. The van der Waals surface area contributed by atoms with Crippen LogP contribution in [-0.2, 0) is 14.4 Å². The molecule has 0 spiro atoms. The predicted octanol–water partition coefficient (Wildman–Crippen LogP) is 4.05. The summed E-state index contributed by atoms with van der Waals surface area (Å²) < 4.78 is 5.59. The molecule has 6 nitrogen and oxygen atoms in total. The Balaban J connectivity index is 1.63. The van der Waals surface area contributed by atoms with Gasteiger partial charge in [0.15, 0.2) is 6.10 Å². The van der Waals surface area contributed by atoms with E-state index in [-0.39, 0.29) is 11.8 Å². The lowest BCUT2D eigenvalue weighted by Crippen LogP contribution is -2.37. The number of hydrogen-bond donors (Lipinski definition) is 0. The molecule has 0 unspecified atom stereocenters. The number of para-hydroxylation sites is 3. The van der Waals surface area contributed by atoms with E-state index in [1.807, 2.05) is 79.7 Å². The molecule has 0 N–H and O–H groups in total. The Hall–Kier alpha value is -3.64. The lowest BCUT2D eigenvalue weighted by molar-refractivity contribution is -0.126. The number of carbonyl (C=O) groups is 2. The molecular formula is C25H22N2O4. The molecule has 156 valence electrons. The molecule has 31 heavy (non-hydrogen) atoms. The fourth-order valence-corrected chi connectivity index (χ4v) is 4.49. The van der Waals surface area contributed by atoms with Crippen LogP contribution in [0.15, 0.2) is 78.9 Å². The number of anilines is 2. The van der Waals surface area contributed by atoms with E-state index in [9.17, 15) is 9.59 Å². The molecule has 0 radical (unpaired) electrons. The molecule has 2 aliphatic heterocycles. The molecule has 0 bridgehead atoms. The normalized spacial score (nSPS) is 22.7. The number of nitrogens with zero attached hydrogens (tertiary/aromatic N) is 2. The Morgan fingerprint density at radius 3 is 2.26 bits per heavy atom. The first kappa shape index (κ1) is 19.3. The number of benzene rings is 3. The highest BCUT2D eigenvalue weighted by Crippen LogP contribution is 2.49. The molecule has 3 atom stereocenters. The summed E-state index contributed by atoms with van der Waals surface area (Å²) in [5.74, 6) is -0.655. The number of carbonyl (C=O) groups excluding carboxylic acids is 2. The fraction of sp³-hybridized carbons (Fsp3) is 0.200. The van der Waals surface area contributed by atoms with Crippen molar-refractivity contribution in [3.63, 3.8) is 0 Å². The van der Waals surface area contributed by atoms with Gasteiger partial charge < -0.3 is 4.74 Å². The first-order valence-electron chi connectivity index (χ1n) is 10.2. The number of amides is 2. The van der Waals surface area contributed by atoms with Crippen molar-refractivity contribution in [2.75, 3.05) is 17.1 Å². The monoisotopic (exact) mass is 414 g/mol. The molecule has 2 aliphatic rings. The zero-order valence-corrected chi connectivity index (χ0v) is 17.3. The van der Waals surface area contributed by atoms with E-state index in [0.29, 0.717) is 11.4 Å². The molecule has 2 saturated heterocycles. The summed E-state index contributed by atoms with van der Waals surface area (Å²) in [4.78, 5) is 34.5. The first-order valence-corrected chi connectivity index (χ1v) is 10.2. The minimum atomic E-state index is -0.901. The van der Waals surface area contributed by atoms with Gasteiger partial charge in [-0.05, 0) is 36.8 Å². The van der Waals surface area contributed by atoms with E-state index in [1.165, 1.54) is 4.90 Å². The van der Waals surface area contributed by atoms with Crippen LogP contribution in [0.2, 0.25) is 0 Å². The maximum absolute atomic E-state index is 13.7. The Morgan fingerprint density at radius 2 is 1.52 bits per heavy atom. The largest absolute Gasteiger partial charge is 0.496 e. The second-order valence-corrected chi connectivity index (χ2v) is 7.70. The molecule has 0 saturated carbocycles. The average molecular weight is 414 g/mol. The van der Waals surface area contributed by atoms with Gasteiger partial charge in [0.1, 0.15) is 11.7 Å². The van der Waals surface area contributed by atoms with Gasteiger partial charge in [-0.2, -0.15) is 0 Å². The first-order chi connectivity index (χ1) is 15.1. The standard InChI is InChI=1S/C25H22N2O4/c1-16-10-6-8-14-19(16)26-24(28)21-22(18-13-7-9-15-20(18)30-2)27(31-23(21)25(26)29)17-11-4-3-5-12-17/h3-15,21-23H,1-2H3/t21-,22-,23+/m0/s1. The van der Waals surface area contributed by atoms with Crippen LogP contribution >= 0.6 is 0 Å². The van der Waals surface area contributed by atoms with Crippen molar-refractivity contribution in [1.29, 1.82) is 0 Å². The van der Waals surface area contributed by atoms with Gasteiger partial charge in [0.05, 0.1) is 24.5 Å². The molecule has 2 amide bonds. The predicted molar refractivity (Wildman–Crippen MR) is 117 cm³/mol. The van der Waals surface area contributed by atoms with Gasteiger partial charge in [0, 0.05) is 5.56 Å². The van der Waals surface area contributed by atoms with Crippen molar-refractivity contribution in [1.82, 2.24) is 0 Å². The highest BCUT2D eigenvalue weighted by atomic mass is 16.7. The third-order valence-electron chi connectivity index (χ3n) is 5.94. The maximum atomic E-state index is 13.7. The summed E-state index contributed by atoms with van der Waals surface area (Å²) >= 11 is 0. The number of imide groups is 1. The number of ether oxygens (including phenoxy) is 1. The van der Waals surface area contributed by atoms with Crippen molar-refractivity contribution in [3.8, 4) is 5.75 Å². The van der Waals surface area contributed by atoms with Gasteiger partial charge in [0.2, 0.25) is 5.91 Å². The van der Waals surface area contributed by atoms with E-state index in [0.717, 1.165) is 16.8 Å². The van der Waals surface area contributed by atoms with Gasteiger partial charge in [-0.1, -0.05) is 54.6 Å². The van der Waals surface area contributed by atoms with Crippen LogP contribution in [0.1, 0.15) is 17.2 Å². The minimum Gasteiger partial charge on any atom is -0.496 e. The van der Waals surface area contributed by atoms with Crippen LogP contribution in [0.4, 0.5) is 11.4 Å².